The smallest absolute Gasteiger partial charge is 0.271 e. The lowest BCUT2D eigenvalue weighted by Crippen LogP contribution is -2.17. The third-order valence-corrected chi connectivity index (χ3v) is 3.48. The average Bonchev–Trinajstić information content (AvgIpc) is 2.68. The summed E-state index contributed by atoms with van der Waals surface area (Å²) in [5.74, 6) is 1.92. The van der Waals surface area contributed by atoms with Gasteiger partial charge in [0.05, 0.1) is 34.2 Å². The van der Waals surface area contributed by atoms with Crippen molar-refractivity contribution in [3.8, 4) is 23.0 Å². The molecule has 1 amide bonds. The van der Waals surface area contributed by atoms with Crippen molar-refractivity contribution in [2.75, 3.05) is 27.9 Å². The molecule has 1 N–H and O–H groups in total. The molecule has 2 aromatic carbocycles. The number of hydrogen-bond acceptors (Lipinski definition) is 6. The molecular weight excluding hydrogens is 336 g/mol. The van der Waals surface area contributed by atoms with Crippen LogP contribution in [-0.4, -0.2) is 40.1 Å². The number of amides is 1. The molecule has 0 radical (unpaired) electrons. The highest BCUT2D eigenvalue weighted by molar-refractivity contribution is 5.95. The number of ether oxygens (including phenoxy) is 4. The van der Waals surface area contributed by atoms with Gasteiger partial charge in [0, 0.05) is 11.6 Å². The zero-order valence-corrected chi connectivity index (χ0v) is 15.2. The summed E-state index contributed by atoms with van der Waals surface area (Å²) in [6.07, 6.45) is 1.52. The van der Waals surface area contributed by atoms with E-state index in [4.69, 9.17) is 18.9 Å². The predicted molar refractivity (Wildman–Crippen MR) is 98.8 cm³/mol. The minimum Gasteiger partial charge on any atom is -0.497 e. The second-order valence-corrected chi connectivity index (χ2v) is 5.14. The zero-order valence-electron chi connectivity index (χ0n) is 15.2. The Morgan fingerprint density at radius 3 is 2.27 bits per heavy atom. The molecule has 0 aliphatic rings. The highest BCUT2D eigenvalue weighted by Gasteiger charge is 2.09. The van der Waals surface area contributed by atoms with Crippen molar-refractivity contribution in [3.05, 3.63) is 47.5 Å². The molecule has 0 aliphatic carbocycles. The molecule has 2 aromatic rings. The Kier molecular flexibility index (Phi) is 6.84. The highest BCUT2D eigenvalue weighted by atomic mass is 16.5. The molecule has 2 rings (SSSR count). The van der Waals surface area contributed by atoms with E-state index in [1.807, 2.05) is 13.0 Å². The summed E-state index contributed by atoms with van der Waals surface area (Å²) >= 11 is 0. The predicted octanol–water partition coefficient (Wildman–Crippen LogP) is 2.88. The Bertz CT molecular complexity index is 767. The van der Waals surface area contributed by atoms with Crippen LogP contribution in [0.1, 0.15) is 22.8 Å². The highest BCUT2D eigenvalue weighted by Crippen LogP contribution is 2.27. The number of nitrogens with zero attached hydrogens (tertiary/aromatic N) is 1. The Hall–Kier alpha value is -3.22. The minimum absolute atomic E-state index is 0.377. The summed E-state index contributed by atoms with van der Waals surface area (Å²) in [6, 6.07) is 10.3. The fourth-order valence-electron chi connectivity index (χ4n) is 2.21. The van der Waals surface area contributed by atoms with Crippen LogP contribution in [0.4, 0.5) is 0 Å². The first-order valence-corrected chi connectivity index (χ1v) is 7.98. The van der Waals surface area contributed by atoms with Crippen LogP contribution in [-0.2, 0) is 0 Å². The van der Waals surface area contributed by atoms with Gasteiger partial charge >= 0.3 is 0 Å². The number of carbonyl (C=O) groups excluding carboxylic acids is 1. The van der Waals surface area contributed by atoms with E-state index in [2.05, 4.69) is 10.5 Å². The number of hydrazone groups is 1. The second-order valence-electron chi connectivity index (χ2n) is 5.14. The van der Waals surface area contributed by atoms with E-state index in [9.17, 15) is 4.79 Å². The van der Waals surface area contributed by atoms with E-state index in [0.717, 1.165) is 5.56 Å². The van der Waals surface area contributed by atoms with Crippen molar-refractivity contribution >= 4 is 12.1 Å². The maximum Gasteiger partial charge on any atom is 0.271 e. The molecule has 0 saturated carbocycles. The summed E-state index contributed by atoms with van der Waals surface area (Å²) < 4.78 is 21.1. The maximum atomic E-state index is 12.3. The van der Waals surface area contributed by atoms with Gasteiger partial charge in [-0.2, -0.15) is 5.10 Å². The molecule has 138 valence electrons. The van der Waals surface area contributed by atoms with Crippen LogP contribution >= 0.6 is 0 Å². The maximum absolute atomic E-state index is 12.3. The fourth-order valence-corrected chi connectivity index (χ4v) is 2.21. The Labute approximate surface area is 152 Å². The van der Waals surface area contributed by atoms with E-state index in [1.165, 1.54) is 20.4 Å². The van der Waals surface area contributed by atoms with E-state index in [1.54, 1.807) is 37.4 Å². The molecule has 0 fully saturated rings. The van der Waals surface area contributed by atoms with Gasteiger partial charge in [-0.15, -0.1) is 0 Å². The van der Waals surface area contributed by atoms with E-state index >= 15 is 0 Å². The van der Waals surface area contributed by atoms with Gasteiger partial charge in [0.15, 0.2) is 11.5 Å². The van der Waals surface area contributed by atoms with Gasteiger partial charge in [0.1, 0.15) is 11.5 Å². The average molecular weight is 358 g/mol. The molecular formula is C19H22N2O5. The standard InChI is InChI=1S/C19H22N2O5/c1-5-26-17-7-6-13(8-18(17)25-4)12-20-21-19(22)14-9-15(23-2)11-16(10-14)24-3/h6-12H,5H2,1-4H3,(H,21,22). The summed E-state index contributed by atoms with van der Waals surface area (Å²) in [7, 11) is 4.61. The molecule has 0 spiro atoms. The molecule has 7 heteroatoms. The SMILES string of the molecule is CCOc1ccc(C=NNC(=O)c2cc(OC)cc(OC)c2)cc1OC. The van der Waals surface area contributed by atoms with Crippen LogP contribution in [0.15, 0.2) is 41.5 Å². The molecule has 0 saturated heterocycles. The number of methoxy groups -OCH3 is 3. The Morgan fingerprint density at radius 1 is 1.00 bits per heavy atom. The fraction of sp³-hybridized carbons (Fsp3) is 0.263. The molecule has 0 bridgehead atoms. The third-order valence-electron chi connectivity index (χ3n) is 3.48. The van der Waals surface area contributed by atoms with Crippen LogP contribution in [0.25, 0.3) is 0 Å². The van der Waals surface area contributed by atoms with Crippen LogP contribution in [0.2, 0.25) is 0 Å². The second kappa shape index (κ2) is 9.31. The van der Waals surface area contributed by atoms with E-state index in [0.29, 0.717) is 35.2 Å². The molecule has 0 aromatic heterocycles. The third kappa shape index (κ3) is 4.89. The molecule has 7 nitrogen and oxygen atoms in total. The molecule has 0 atom stereocenters. The van der Waals surface area contributed by atoms with Crippen LogP contribution < -0.4 is 24.4 Å². The van der Waals surface area contributed by atoms with Crippen LogP contribution in [0, 0.1) is 0 Å². The van der Waals surface area contributed by atoms with Gasteiger partial charge in [0.2, 0.25) is 0 Å². The van der Waals surface area contributed by atoms with Gasteiger partial charge in [-0.1, -0.05) is 0 Å². The van der Waals surface area contributed by atoms with Crippen molar-refractivity contribution in [2.24, 2.45) is 5.10 Å². The van der Waals surface area contributed by atoms with Gasteiger partial charge < -0.3 is 18.9 Å². The van der Waals surface area contributed by atoms with Gasteiger partial charge in [-0.05, 0) is 42.8 Å². The zero-order chi connectivity index (χ0) is 18.9. The van der Waals surface area contributed by atoms with Crippen molar-refractivity contribution in [3.63, 3.8) is 0 Å². The topological polar surface area (TPSA) is 78.4 Å². The number of nitrogens with one attached hydrogen (secondary N) is 1. The number of carbonyl (C=O) groups is 1. The Morgan fingerprint density at radius 2 is 1.69 bits per heavy atom. The minimum atomic E-state index is -0.378. The monoisotopic (exact) mass is 358 g/mol. The summed E-state index contributed by atoms with van der Waals surface area (Å²) in [5.41, 5.74) is 3.61. The number of benzene rings is 2. The van der Waals surface area contributed by atoms with Crippen molar-refractivity contribution in [1.29, 1.82) is 0 Å². The van der Waals surface area contributed by atoms with Gasteiger partial charge in [-0.3, -0.25) is 4.79 Å². The summed E-state index contributed by atoms with van der Waals surface area (Å²) in [4.78, 5) is 12.3. The normalized spacial score (nSPS) is 10.5. The molecule has 0 unspecified atom stereocenters. The quantitative estimate of drug-likeness (QED) is 0.580. The van der Waals surface area contributed by atoms with Crippen molar-refractivity contribution < 1.29 is 23.7 Å². The molecule has 26 heavy (non-hydrogen) atoms. The first kappa shape index (κ1) is 19.1. The lowest BCUT2D eigenvalue weighted by Gasteiger charge is -2.09. The first-order valence-electron chi connectivity index (χ1n) is 7.98. The Balaban J connectivity index is 2.09. The van der Waals surface area contributed by atoms with Crippen molar-refractivity contribution in [1.82, 2.24) is 5.43 Å². The van der Waals surface area contributed by atoms with Crippen molar-refractivity contribution in [2.45, 2.75) is 6.92 Å². The molecule has 0 aliphatic heterocycles. The van der Waals surface area contributed by atoms with Crippen LogP contribution in [0.5, 0.6) is 23.0 Å². The summed E-state index contributed by atoms with van der Waals surface area (Å²) in [5, 5.41) is 3.98. The largest absolute Gasteiger partial charge is 0.497 e. The summed E-state index contributed by atoms with van der Waals surface area (Å²) in [6.45, 7) is 2.45. The number of hydrogen-bond donors (Lipinski definition) is 1. The molecule has 0 heterocycles. The van der Waals surface area contributed by atoms with Crippen LogP contribution in [0.3, 0.4) is 0 Å². The lowest BCUT2D eigenvalue weighted by atomic mass is 10.2. The van der Waals surface area contributed by atoms with E-state index in [-0.39, 0.29) is 5.91 Å². The lowest BCUT2D eigenvalue weighted by molar-refractivity contribution is 0.0954. The first-order chi connectivity index (χ1) is 12.6. The van der Waals surface area contributed by atoms with E-state index < -0.39 is 0 Å². The van der Waals surface area contributed by atoms with Gasteiger partial charge in [0.25, 0.3) is 5.91 Å². The van der Waals surface area contributed by atoms with Gasteiger partial charge in [-0.25, -0.2) is 5.43 Å². The number of rotatable bonds is 8.